The number of unbranched alkanes of at least 4 members (excludes halogenated alkanes) is 1. The van der Waals surface area contributed by atoms with Crippen molar-refractivity contribution in [1.29, 1.82) is 0 Å². The standard InChI is InChI=1S/C36H64N10O12SSe/c1-5-19(4)29(45-32(53)23(11-13-27(40)48)42-33(54)25(17-59)46-60-36(58)20(38)9-14-28(49)50)34(55)43-22(10-12-26(39)47)31(52)41-21(8-6-7-15-37)30(51)44-24(35(56)57)16-18(2)3/h18-25,29,46,59H,5-17,37-38H2,1-4H3,(H2,39,47)(H2,40,48)(H,41,52)(H,42,54)(H,43,55)(H,44,51)(H,45,53)(H,49,50)(H,56,57)/t19-,20-,21-,22-,23-,24-,25-,29-/m0/s1. The summed E-state index contributed by atoms with van der Waals surface area (Å²) in [5.41, 5.74) is 22.1. The molecule has 0 unspecified atom stereocenters. The molecule has 24 heteroatoms. The Kier molecular flexibility index (Phi) is 27.6. The van der Waals surface area contributed by atoms with E-state index >= 15 is 0 Å². The van der Waals surface area contributed by atoms with Crippen LogP contribution in [0.25, 0.3) is 0 Å². The molecular formula is C36H64N10O12SSe. The first-order valence-electron chi connectivity index (χ1n) is 19.6. The zero-order chi connectivity index (χ0) is 46.1. The Morgan fingerprint density at radius 2 is 1.10 bits per heavy atom. The fourth-order valence-corrected chi connectivity index (χ4v) is 7.42. The normalized spacial score (nSPS) is 15.1. The molecule has 0 aromatic heterocycles. The zero-order valence-corrected chi connectivity index (χ0v) is 37.1. The molecule has 16 N–H and O–H groups in total. The Balaban J connectivity index is 6.35. The van der Waals surface area contributed by atoms with Crippen LogP contribution in [-0.2, 0) is 47.9 Å². The van der Waals surface area contributed by atoms with E-state index in [1.807, 2.05) is 0 Å². The van der Waals surface area contributed by atoms with E-state index in [0.29, 0.717) is 19.3 Å². The van der Waals surface area contributed by atoms with Crippen molar-refractivity contribution in [3.63, 3.8) is 0 Å². The van der Waals surface area contributed by atoms with Crippen molar-refractivity contribution in [2.45, 2.75) is 141 Å². The molecule has 0 saturated carbocycles. The Morgan fingerprint density at radius 1 is 0.633 bits per heavy atom. The van der Waals surface area contributed by atoms with Crippen LogP contribution in [0, 0.1) is 11.8 Å². The number of thiol groups is 1. The van der Waals surface area contributed by atoms with Crippen molar-refractivity contribution < 1.29 is 58.2 Å². The second-order valence-electron chi connectivity index (χ2n) is 14.7. The molecule has 8 atom stereocenters. The number of carbonyl (C=O) groups excluding carboxylic acids is 8. The van der Waals surface area contributed by atoms with Crippen LogP contribution in [0.2, 0.25) is 0 Å². The number of hydrogen-bond donors (Lipinski definition) is 13. The molecule has 0 heterocycles. The number of nitrogens with one attached hydrogen (secondary N) is 6. The molecule has 60 heavy (non-hydrogen) atoms. The van der Waals surface area contributed by atoms with Gasteiger partial charge in [0.1, 0.15) is 12.1 Å². The number of carboxylic acid groups (broad SMARTS) is 2. The molecular weight excluding hydrogens is 875 g/mol. The zero-order valence-electron chi connectivity index (χ0n) is 34.5. The van der Waals surface area contributed by atoms with Gasteiger partial charge >= 0.3 is 234 Å². The second kappa shape index (κ2) is 29.8. The monoisotopic (exact) mass is 940 g/mol. The number of amides is 7. The van der Waals surface area contributed by atoms with E-state index in [9.17, 15) is 53.1 Å². The summed E-state index contributed by atoms with van der Waals surface area (Å²) in [6.07, 6.45) is -0.480. The Bertz CT molecular complexity index is 1490. The smallest absolute Gasteiger partial charge is 0.480 e. The molecule has 0 radical (unpaired) electrons. The minimum absolute atomic E-state index is 0.0600. The van der Waals surface area contributed by atoms with E-state index in [1.165, 1.54) is 0 Å². The third-order valence-electron chi connectivity index (χ3n) is 9.09. The van der Waals surface area contributed by atoms with Gasteiger partial charge in [-0.1, -0.05) is 13.8 Å². The topological polar surface area (TPSA) is 387 Å². The van der Waals surface area contributed by atoms with Gasteiger partial charge in [0.2, 0.25) is 11.8 Å². The third kappa shape index (κ3) is 22.9. The van der Waals surface area contributed by atoms with E-state index < -0.39 is 121 Å². The van der Waals surface area contributed by atoms with Crippen LogP contribution in [0.4, 0.5) is 0 Å². The van der Waals surface area contributed by atoms with E-state index in [1.54, 1.807) is 27.7 Å². The van der Waals surface area contributed by atoms with E-state index in [-0.39, 0.29) is 69.6 Å². The van der Waals surface area contributed by atoms with E-state index in [0.717, 1.165) is 0 Å². The second-order valence-corrected chi connectivity index (χ2v) is 16.8. The molecule has 342 valence electrons. The fourth-order valence-electron chi connectivity index (χ4n) is 5.37. The van der Waals surface area contributed by atoms with Crippen LogP contribution in [-0.4, -0.2) is 138 Å². The van der Waals surface area contributed by atoms with Crippen molar-refractivity contribution >= 4 is 85.8 Å². The van der Waals surface area contributed by atoms with Crippen LogP contribution < -0.4 is 53.9 Å². The van der Waals surface area contributed by atoms with Gasteiger partial charge < -0.3 is 27.2 Å². The van der Waals surface area contributed by atoms with Crippen molar-refractivity contribution in [1.82, 2.24) is 30.9 Å². The van der Waals surface area contributed by atoms with E-state index in [4.69, 9.17) is 28.0 Å². The Morgan fingerprint density at radius 3 is 1.53 bits per heavy atom. The first kappa shape index (κ1) is 55.6. The molecule has 0 aliphatic heterocycles. The van der Waals surface area contributed by atoms with Crippen LogP contribution in [0.15, 0.2) is 0 Å². The quantitative estimate of drug-likeness (QED) is 0.0172. The molecule has 0 fully saturated rings. The van der Waals surface area contributed by atoms with Crippen LogP contribution >= 0.6 is 12.6 Å². The summed E-state index contributed by atoms with van der Waals surface area (Å²) in [7, 11) is 0. The molecule has 0 saturated heterocycles. The van der Waals surface area contributed by atoms with Gasteiger partial charge in [0.15, 0.2) is 0 Å². The molecule has 0 aromatic rings. The molecule has 7 amide bonds. The maximum absolute atomic E-state index is 13.9. The molecule has 0 bridgehead atoms. The van der Waals surface area contributed by atoms with Crippen LogP contribution in [0.5, 0.6) is 0 Å². The maximum atomic E-state index is 13.9. The van der Waals surface area contributed by atoms with Crippen LogP contribution in [0.1, 0.15) is 98.3 Å². The summed E-state index contributed by atoms with van der Waals surface area (Å²) in [5, 5.41) is 31.1. The Hall–Kier alpha value is -4.35. The molecule has 0 aliphatic rings. The number of nitrogens with two attached hydrogens (primary N) is 4. The van der Waals surface area contributed by atoms with Gasteiger partial charge in [-0.3, -0.25) is 14.4 Å². The van der Waals surface area contributed by atoms with Crippen molar-refractivity contribution in [2.75, 3.05) is 12.3 Å². The number of carboxylic acids is 2. The third-order valence-corrected chi connectivity index (χ3v) is 11.4. The summed E-state index contributed by atoms with van der Waals surface area (Å²) >= 11 is 3.06. The number of hydrogen-bond acceptors (Lipinski definition) is 14. The van der Waals surface area contributed by atoms with Crippen molar-refractivity contribution in [3.8, 4) is 0 Å². The van der Waals surface area contributed by atoms with Gasteiger partial charge in [-0.2, -0.15) is 0 Å². The van der Waals surface area contributed by atoms with Crippen molar-refractivity contribution in [3.05, 3.63) is 0 Å². The Labute approximate surface area is 361 Å². The van der Waals surface area contributed by atoms with Gasteiger partial charge in [0.05, 0.1) is 0 Å². The summed E-state index contributed by atoms with van der Waals surface area (Å²) in [6, 6.07) is -9.02. The van der Waals surface area contributed by atoms with Gasteiger partial charge in [0.25, 0.3) is 0 Å². The summed E-state index contributed by atoms with van der Waals surface area (Å²) in [5.74, 6) is -9.16. The number of aliphatic carboxylic acids is 2. The fraction of sp³-hybridized carbons (Fsp3) is 0.722. The number of carbonyl (C=O) groups is 10. The average Bonchev–Trinajstić information content (AvgIpc) is 3.17. The number of primary amides is 2. The molecule has 0 aliphatic carbocycles. The van der Waals surface area contributed by atoms with Gasteiger partial charge in [-0.05, 0) is 38.1 Å². The first-order chi connectivity index (χ1) is 28.1. The van der Waals surface area contributed by atoms with Gasteiger partial charge in [-0.25, -0.2) is 4.79 Å². The summed E-state index contributed by atoms with van der Waals surface area (Å²) in [4.78, 5) is 127. The van der Waals surface area contributed by atoms with Crippen LogP contribution in [0.3, 0.4) is 0 Å². The predicted molar refractivity (Wildman–Crippen MR) is 222 cm³/mol. The van der Waals surface area contributed by atoms with Crippen molar-refractivity contribution in [2.24, 2.45) is 34.8 Å². The summed E-state index contributed by atoms with van der Waals surface area (Å²) in [6.45, 7) is 7.17. The van der Waals surface area contributed by atoms with Gasteiger partial charge in [0, 0.05) is 6.42 Å². The molecule has 0 spiro atoms. The number of rotatable bonds is 33. The molecule has 22 nitrogen and oxygen atoms in total. The minimum Gasteiger partial charge on any atom is -0.480 e. The molecule has 0 rings (SSSR count). The SMILES string of the molecule is CC[C@H](C)[C@H](NC(=O)[C@H](CCC(N)=O)NC(=O)[C@H](CS)N[Se]C(=O)[C@@H](N)CCC(=O)O)C(=O)N[C@@H](CCC(N)=O)C(=O)N[C@@H](CCCCN)C(=O)N[C@@H](CC(C)C)C(=O)O. The van der Waals surface area contributed by atoms with Gasteiger partial charge in [-0.15, -0.1) is 0 Å². The molecule has 0 aromatic carbocycles. The predicted octanol–water partition coefficient (Wildman–Crippen LogP) is -3.53. The average molecular weight is 940 g/mol. The summed E-state index contributed by atoms with van der Waals surface area (Å²) < 4.78 is 2.20. The van der Waals surface area contributed by atoms with E-state index in [2.05, 4.69) is 43.5 Å². The minimum atomic E-state index is -1.47. The first-order valence-corrected chi connectivity index (χ1v) is 22.0.